The summed E-state index contributed by atoms with van der Waals surface area (Å²) < 4.78 is 0. The van der Waals surface area contributed by atoms with Gasteiger partial charge in [0.05, 0.1) is 12.0 Å². The standard InChI is InChI=1S/C21H28N4O2S/c1-3-22-19(26)14-8-6-10-25(11-14)21-23-17-16(12-28-18(17)20(27)24-21)15-9-5-4-7-13(15)2/h4-5,7,9,12,14,17-18,21,23H,3,6,8,10-11H2,1-2H3,(H,22,26)(H,24,27). The maximum absolute atomic E-state index is 12.8. The lowest BCUT2D eigenvalue weighted by Gasteiger charge is -2.43. The first-order valence-electron chi connectivity index (χ1n) is 10.1. The number of hydrogen-bond acceptors (Lipinski definition) is 5. The van der Waals surface area contributed by atoms with Gasteiger partial charge in [0.15, 0.2) is 0 Å². The van der Waals surface area contributed by atoms with Gasteiger partial charge in [0.25, 0.3) is 0 Å². The van der Waals surface area contributed by atoms with Crippen LogP contribution in [0.1, 0.15) is 30.9 Å². The SMILES string of the molecule is CCNC(=O)C1CCCN(C2NC(=O)C3SC=C(c4ccccc4C)C3N2)C1. The summed E-state index contributed by atoms with van der Waals surface area (Å²) in [6, 6.07) is 8.30. The molecule has 4 atom stereocenters. The molecule has 1 aromatic carbocycles. The number of piperidine rings is 1. The van der Waals surface area contributed by atoms with Crippen LogP contribution in [-0.2, 0) is 9.59 Å². The van der Waals surface area contributed by atoms with Gasteiger partial charge in [-0.05, 0) is 48.8 Å². The number of rotatable bonds is 4. The van der Waals surface area contributed by atoms with Crippen LogP contribution in [0.15, 0.2) is 29.7 Å². The van der Waals surface area contributed by atoms with Gasteiger partial charge in [0.2, 0.25) is 11.8 Å². The average Bonchev–Trinajstić information content (AvgIpc) is 3.13. The van der Waals surface area contributed by atoms with Crippen molar-refractivity contribution in [1.29, 1.82) is 0 Å². The van der Waals surface area contributed by atoms with Gasteiger partial charge in [0.1, 0.15) is 11.5 Å². The molecule has 1 aromatic rings. The molecule has 7 heteroatoms. The molecule has 2 saturated heterocycles. The monoisotopic (exact) mass is 400 g/mol. The molecule has 2 fully saturated rings. The third-order valence-corrected chi connectivity index (χ3v) is 7.02. The Morgan fingerprint density at radius 1 is 1.36 bits per heavy atom. The number of likely N-dealkylation sites (tertiary alicyclic amines) is 1. The number of fused-ring (bicyclic) bond motifs is 1. The predicted molar refractivity (Wildman–Crippen MR) is 112 cm³/mol. The summed E-state index contributed by atoms with van der Waals surface area (Å²) >= 11 is 1.59. The first kappa shape index (κ1) is 19.5. The Bertz CT molecular complexity index is 796. The molecule has 0 aliphatic carbocycles. The summed E-state index contributed by atoms with van der Waals surface area (Å²) in [4.78, 5) is 27.3. The highest BCUT2D eigenvalue weighted by Gasteiger charge is 2.44. The highest BCUT2D eigenvalue weighted by Crippen LogP contribution is 2.39. The van der Waals surface area contributed by atoms with Crippen molar-refractivity contribution in [2.75, 3.05) is 19.6 Å². The quantitative estimate of drug-likeness (QED) is 0.717. The van der Waals surface area contributed by atoms with E-state index in [1.807, 2.05) is 19.1 Å². The zero-order chi connectivity index (χ0) is 19.7. The number of nitrogens with one attached hydrogen (secondary N) is 3. The highest BCUT2D eigenvalue weighted by molar-refractivity contribution is 8.04. The maximum Gasteiger partial charge on any atom is 0.237 e. The molecule has 4 unspecified atom stereocenters. The van der Waals surface area contributed by atoms with E-state index in [0.29, 0.717) is 13.1 Å². The van der Waals surface area contributed by atoms with E-state index in [1.165, 1.54) is 16.7 Å². The van der Waals surface area contributed by atoms with Crippen LogP contribution in [0.5, 0.6) is 0 Å². The number of benzene rings is 1. The minimum Gasteiger partial charge on any atom is -0.356 e. The molecule has 3 heterocycles. The van der Waals surface area contributed by atoms with Crippen LogP contribution in [0.3, 0.4) is 0 Å². The first-order valence-corrected chi connectivity index (χ1v) is 11.0. The molecular formula is C21H28N4O2S. The van der Waals surface area contributed by atoms with Crippen molar-refractivity contribution >= 4 is 29.1 Å². The van der Waals surface area contributed by atoms with Crippen molar-refractivity contribution in [3.8, 4) is 0 Å². The van der Waals surface area contributed by atoms with E-state index in [1.54, 1.807) is 11.8 Å². The third kappa shape index (κ3) is 3.71. The Morgan fingerprint density at radius 2 is 2.18 bits per heavy atom. The fraction of sp³-hybridized carbons (Fsp3) is 0.524. The molecule has 0 radical (unpaired) electrons. The van der Waals surface area contributed by atoms with Crippen LogP contribution in [-0.4, -0.2) is 53.9 Å². The summed E-state index contributed by atoms with van der Waals surface area (Å²) in [6.45, 7) is 6.24. The number of hydrogen-bond donors (Lipinski definition) is 3. The molecule has 3 aliphatic heterocycles. The number of carbonyl (C=O) groups excluding carboxylic acids is 2. The number of carbonyl (C=O) groups is 2. The minimum absolute atomic E-state index is 0.0188. The van der Waals surface area contributed by atoms with E-state index in [4.69, 9.17) is 0 Å². The van der Waals surface area contributed by atoms with Gasteiger partial charge in [-0.3, -0.25) is 19.8 Å². The number of nitrogens with zero attached hydrogens (tertiary/aromatic N) is 1. The van der Waals surface area contributed by atoms with Crippen LogP contribution in [0.2, 0.25) is 0 Å². The summed E-state index contributed by atoms with van der Waals surface area (Å²) in [5.74, 6) is 0.164. The maximum atomic E-state index is 12.8. The lowest BCUT2D eigenvalue weighted by atomic mass is 9.92. The number of amides is 2. The largest absolute Gasteiger partial charge is 0.356 e. The van der Waals surface area contributed by atoms with Gasteiger partial charge in [0, 0.05) is 19.6 Å². The summed E-state index contributed by atoms with van der Waals surface area (Å²) in [5, 5.41) is 11.7. The van der Waals surface area contributed by atoms with Crippen LogP contribution >= 0.6 is 11.8 Å². The van der Waals surface area contributed by atoms with Crippen LogP contribution in [0.25, 0.3) is 5.57 Å². The van der Waals surface area contributed by atoms with Crippen molar-refractivity contribution in [3.63, 3.8) is 0 Å². The van der Waals surface area contributed by atoms with Crippen LogP contribution in [0.4, 0.5) is 0 Å². The minimum atomic E-state index is -0.239. The highest BCUT2D eigenvalue weighted by atomic mass is 32.2. The molecular weight excluding hydrogens is 372 g/mol. The molecule has 0 aromatic heterocycles. The van der Waals surface area contributed by atoms with E-state index < -0.39 is 0 Å². The Kier molecular flexibility index (Phi) is 5.75. The van der Waals surface area contributed by atoms with Crippen molar-refractivity contribution in [1.82, 2.24) is 20.9 Å². The molecule has 3 aliphatic rings. The lowest BCUT2D eigenvalue weighted by molar-refractivity contribution is -0.129. The van der Waals surface area contributed by atoms with E-state index in [9.17, 15) is 9.59 Å². The van der Waals surface area contributed by atoms with E-state index >= 15 is 0 Å². The topological polar surface area (TPSA) is 73.5 Å². The predicted octanol–water partition coefficient (Wildman–Crippen LogP) is 1.67. The van der Waals surface area contributed by atoms with E-state index in [0.717, 1.165) is 19.4 Å². The normalized spacial score (nSPS) is 30.4. The Hall–Kier alpha value is -1.83. The average molecular weight is 401 g/mol. The number of aryl methyl sites for hydroxylation is 1. The lowest BCUT2D eigenvalue weighted by Crippen LogP contribution is -2.69. The molecule has 0 bridgehead atoms. The summed E-state index contributed by atoms with van der Waals surface area (Å²) in [6.07, 6.45) is 1.62. The van der Waals surface area contributed by atoms with Gasteiger partial charge in [-0.25, -0.2) is 0 Å². The number of thioether (sulfide) groups is 1. The van der Waals surface area contributed by atoms with Crippen LogP contribution < -0.4 is 16.0 Å². The zero-order valence-electron chi connectivity index (χ0n) is 16.4. The molecule has 4 rings (SSSR count). The second-order valence-electron chi connectivity index (χ2n) is 7.73. The smallest absolute Gasteiger partial charge is 0.237 e. The summed E-state index contributed by atoms with van der Waals surface area (Å²) in [5.41, 5.74) is 3.60. The Morgan fingerprint density at radius 3 is 2.96 bits per heavy atom. The van der Waals surface area contributed by atoms with Gasteiger partial charge >= 0.3 is 0 Å². The van der Waals surface area contributed by atoms with Crippen molar-refractivity contribution in [2.24, 2.45) is 5.92 Å². The molecule has 3 N–H and O–H groups in total. The Balaban J connectivity index is 1.50. The van der Waals surface area contributed by atoms with Crippen LogP contribution in [0, 0.1) is 12.8 Å². The van der Waals surface area contributed by atoms with E-state index in [2.05, 4.69) is 45.3 Å². The molecule has 0 saturated carbocycles. The van der Waals surface area contributed by atoms with Gasteiger partial charge < -0.3 is 10.6 Å². The molecule has 0 spiro atoms. The van der Waals surface area contributed by atoms with Gasteiger partial charge in [-0.2, -0.15) is 0 Å². The van der Waals surface area contributed by atoms with Crippen molar-refractivity contribution in [2.45, 2.75) is 44.3 Å². The van der Waals surface area contributed by atoms with Gasteiger partial charge in [-0.1, -0.05) is 24.3 Å². The molecule has 150 valence electrons. The second kappa shape index (κ2) is 8.27. The van der Waals surface area contributed by atoms with Gasteiger partial charge in [-0.15, -0.1) is 11.8 Å². The van der Waals surface area contributed by atoms with Crippen molar-refractivity contribution < 1.29 is 9.59 Å². The fourth-order valence-electron chi connectivity index (χ4n) is 4.38. The van der Waals surface area contributed by atoms with Crippen molar-refractivity contribution in [3.05, 3.63) is 40.8 Å². The second-order valence-corrected chi connectivity index (χ2v) is 8.74. The molecule has 6 nitrogen and oxygen atoms in total. The molecule has 2 amide bonds. The summed E-state index contributed by atoms with van der Waals surface area (Å²) in [7, 11) is 0. The Labute approximate surface area is 170 Å². The van der Waals surface area contributed by atoms with E-state index in [-0.39, 0.29) is 35.3 Å². The zero-order valence-corrected chi connectivity index (χ0v) is 17.2. The first-order chi connectivity index (χ1) is 13.6. The third-order valence-electron chi connectivity index (χ3n) is 5.85. The fourth-order valence-corrected chi connectivity index (χ4v) is 5.52. The molecule has 28 heavy (non-hydrogen) atoms.